The van der Waals surface area contributed by atoms with Crippen LogP contribution in [-0.2, 0) is 7.05 Å². The highest BCUT2D eigenvalue weighted by Crippen LogP contribution is 2.06. The molecule has 0 atom stereocenters. The molecule has 17 heavy (non-hydrogen) atoms. The molecule has 5 nitrogen and oxygen atoms in total. The number of anilines is 1. The van der Waals surface area contributed by atoms with Gasteiger partial charge in [0.2, 0.25) is 0 Å². The molecule has 2 rings (SSSR count). The van der Waals surface area contributed by atoms with E-state index in [1.54, 1.807) is 24.9 Å². The summed E-state index contributed by atoms with van der Waals surface area (Å²) >= 11 is 0. The summed E-state index contributed by atoms with van der Waals surface area (Å²) in [5.41, 5.74) is 7.58. The summed E-state index contributed by atoms with van der Waals surface area (Å²) in [6.45, 7) is 1.80. The second-order valence-electron chi connectivity index (χ2n) is 3.75. The number of hydrogen-bond donors (Lipinski definition) is 2. The fourth-order valence-corrected chi connectivity index (χ4v) is 1.54. The van der Waals surface area contributed by atoms with Gasteiger partial charge in [0, 0.05) is 13.2 Å². The first-order valence-electron chi connectivity index (χ1n) is 5.28. The summed E-state index contributed by atoms with van der Waals surface area (Å²) in [7, 11) is 1.79. The molecule has 1 heterocycles. The van der Waals surface area contributed by atoms with Crippen molar-refractivity contribution in [3.8, 4) is 0 Å². The van der Waals surface area contributed by atoms with Crippen molar-refractivity contribution in [3.05, 3.63) is 47.8 Å². The highest BCUT2D eigenvalue weighted by molar-refractivity contribution is 5.95. The molecule has 1 aromatic carbocycles. The number of rotatable bonds is 3. The maximum absolute atomic E-state index is 11.8. The van der Waals surface area contributed by atoms with Gasteiger partial charge in [-0.1, -0.05) is 18.2 Å². The molecule has 1 amide bonds. The van der Waals surface area contributed by atoms with Crippen molar-refractivity contribution in [2.45, 2.75) is 6.92 Å². The summed E-state index contributed by atoms with van der Waals surface area (Å²) in [6.07, 6.45) is 1.69. The zero-order chi connectivity index (χ0) is 12.3. The van der Waals surface area contributed by atoms with E-state index in [1.807, 2.05) is 30.3 Å². The van der Waals surface area contributed by atoms with Crippen molar-refractivity contribution in [2.24, 2.45) is 7.05 Å². The quantitative estimate of drug-likeness (QED) is 0.785. The number of aromatic nitrogens is 2. The number of para-hydroxylation sites is 1. The van der Waals surface area contributed by atoms with Gasteiger partial charge in [0.05, 0.1) is 16.9 Å². The molecule has 0 radical (unpaired) electrons. The van der Waals surface area contributed by atoms with Crippen LogP contribution in [0.3, 0.4) is 0 Å². The molecule has 0 bridgehead atoms. The van der Waals surface area contributed by atoms with Crippen LogP contribution in [0.2, 0.25) is 0 Å². The van der Waals surface area contributed by atoms with Crippen LogP contribution in [0.25, 0.3) is 0 Å². The number of carbonyl (C=O) groups excluding carboxylic acids is 1. The van der Waals surface area contributed by atoms with Gasteiger partial charge in [0.15, 0.2) is 0 Å². The lowest BCUT2D eigenvalue weighted by Gasteiger charge is -2.07. The first-order valence-corrected chi connectivity index (χ1v) is 5.28. The normalized spacial score (nSPS) is 10.0. The van der Waals surface area contributed by atoms with Gasteiger partial charge < -0.3 is 0 Å². The summed E-state index contributed by atoms with van der Waals surface area (Å²) in [5.74, 6) is -0.195. The average Bonchev–Trinajstić information content (AvgIpc) is 2.67. The van der Waals surface area contributed by atoms with E-state index in [0.717, 1.165) is 5.69 Å². The average molecular weight is 230 g/mol. The Hall–Kier alpha value is -2.30. The molecular weight excluding hydrogens is 216 g/mol. The second kappa shape index (κ2) is 4.69. The minimum atomic E-state index is -0.195. The number of aryl methyl sites for hydroxylation is 2. The van der Waals surface area contributed by atoms with Gasteiger partial charge in [-0.2, -0.15) is 5.10 Å². The molecular formula is C12H14N4O. The lowest BCUT2D eigenvalue weighted by atomic mass is 10.2. The van der Waals surface area contributed by atoms with Gasteiger partial charge in [-0.05, 0) is 19.1 Å². The second-order valence-corrected chi connectivity index (χ2v) is 3.75. The first-order chi connectivity index (χ1) is 8.16. The Kier molecular flexibility index (Phi) is 3.09. The van der Waals surface area contributed by atoms with Crippen molar-refractivity contribution >= 4 is 11.6 Å². The zero-order valence-corrected chi connectivity index (χ0v) is 9.77. The third kappa shape index (κ3) is 2.63. The van der Waals surface area contributed by atoms with Crippen LogP contribution in [0, 0.1) is 6.92 Å². The fourth-order valence-electron chi connectivity index (χ4n) is 1.54. The molecule has 0 aliphatic heterocycles. The number of nitrogens with one attached hydrogen (secondary N) is 2. The Bertz CT molecular complexity index is 519. The van der Waals surface area contributed by atoms with Gasteiger partial charge in [-0.15, -0.1) is 0 Å². The lowest BCUT2D eigenvalue weighted by molar-refractivity contribution is 0.0962. The molecule has 2 N–H and O–H groups in total. The molecule has 1 aromatic heterocycles. The molecule has 2 aromatic rings. The lowest BCUT2D eigenvalue weighted by Crippen LogP contribution is -2.29. The Morgan fingerprint density at radius 2 is 2.00 bits per heavy atom. The Morgan fingerprint density at radius 1 is 1.29 bits per heavy atom. The van der Waals surface area contributed by atoms with E-state index in [0.29, 0.717) is 11.3 Å². The molecule has 0 saturated carbocycles. The molecule has 0 saturated heterocycles. The first kappa shape index (κ1) is 11.2. The van der Waals surface area contributed by atoms with E-state index < -0.39 is 0 Å². The van der Waals surface area contributed by atoms with E-state index in [2.05, 4.69) is 16.0 Å². The molecule has 5 heteroatoms. The molecule has 88 valence electrons. The highest BCUT2D eigenvalue weighted by atomic mass is 16.2. The highest BCUT2D eigenvalue weighted by Gasteiger charge is 2.11. The van der Waals surface area contributed by atoms with E-state index in [-0.39, 0.29) is 5.91 Å². The van der Waals surface area contributed by atoms with Crippen LogP contribution in [0.15, 0.2) is 36.5 Å². The number of benzene rings is 1. The van der Waals surface area contributed by atoms with Crippen LogP contribution in [-0.4, -0.2) is 15.7 Å². The van der Waals surface area contributed by atoms with Gasteiger partial charge in [0.1, 0.15) is 0 Å². The minimum absolute atomic E-state index is 0.195. The Labute approximate surface area is 99.4 Å². The van der Waals surface area contributed by atoms with Crippen LogP contribution < -0.4 is 10.9 Å². The predicted octanol–water partition coefficient (Wildman–Crippen LogP) is 1.49. The Balaban J connectivity index is 2.01. The van der Waals surface area contributed by atoms with Crippen molar-refractivity contribution in [1.29, 1.82) is 0 Å². The standard InChI is InChI=1S/C12H14N4O/c1-9-11(8-16(2)15-9)12(17)14-13-10-6-4-3-5-7-10/h3-8,13H,1-2H3,(H,14,17). The summed E-state index contributed by atoms with van der Waals surface area (Å²) < 4.78 is 1.62. The van der Waals surface area contributed by atoms with Gasteiger partial charge in [-0.25, -0.2) is 0 Å². The van der Waals surface area contributed by atoms with Crippen molar-refractivity contribution in [3.63, 3.8) is 0 Å². The van der Waals surface area contributed by atoms with Crippen LogP contribution in [0.1, 0.15) is 16.1 Å². The van der Waals surface area contributed by atoms with Crippen LogP contribution in [0.4, 0.5) is 5.69 Å². The molecule has 0 aliphatic rings. The van der Waals surface area contributed by atoms with E-state index in [1.165, 1.54) is 0 Å². The molecule has 0 unspecified atom stereocenters. The number of nitrogens with zero attached hydrogens (tertiary/aromatic N) is 2. The van der Waals surface area contributed by atoms with Crippen LogP contribution >= 0.6 is 0 Å². The third-order valence-corrected chi connectivity index (χ3v) is 2.35. The third-order valence-electron chi connectivity index (χ3n) is 2.35. The van der Waals surface area contributed by atoms with E-state index in [4.69, 9.17) is 0 Å². The fraction of sp³-hybridized carbons (Fsp3) is 0.167. The van der Waals surface area contributed by atoms with Crippen molar-refractivity contribution in [1.82, 2.24) is 15.2 Å². The van der Waals surface area contributed by atoms with Crippen molar-refractivity contribution < 1.29 is 4.79 Å². The maximum atomic E-state index is 11.8. The predicted molar refractivity (Wildman–Crippen MR) is 65.5 cm³/mol. The number of carbonyl (C=O) groups is 1. The Morgan fingerprint density at radius 3 is 2.59 bits per heavy atom. The van der Waals surface area contributed by atoms with Crippen LogP contribution in [0.5, 0.6) is 0 Å². The number of hydrazine groups is 1. The topological polar surface area (TPSA) is 59.0 Å². The summed E-state index contributed by atoms with van der Waals surface area (Å²) in [4.78, 5) is 11.8. The largest absolute Gasteiger partial charge is 0.298 e. The van der Waals surface area contributed by atoms with E-state index >= 15 is 0 Å². The van der Waals surface area contributed by atoms with Gasteiger partial charge in [0.25, 0.3) is 5.91 Å². The zero-order valence-electron chi connectivity index (χ0n) is 9.77. The number of amides is 1. The molecule has 0 spiro atoms. The smallest absolute Gasteiger partial charge is 0.273 e. The summed E-state index contributed by atoms with van der Waals surface area (Å²) in [5, 5.41) is 4.12. The van der Waals surface area contributed by atoms with Gasteiger partial charge in [-0.3, -0.25) is 20.3 Å². The number of hydrogen-bond acceptors (Lipinski definition) is 3. The maximum Gasteiger partial charge on any atom is 0.273 e. The van der Waals surface area contributed by atoms with Crippen molar-refractivity contribution in [2.75, 3.05) is 5.43 Å². The minimum Gasteiger partial charge on any atom is -0.298 e. The summed E-state index contributed by atoms with van der Waals surface area (Å²) in [6, 6.07) is 9.44. The molecule has 0 aliphatic carbocycles. The van der Waals surface area contributed by atoms with E-state index in [9.17, 15) is 4.79 Å². The monoisotopic (exact) mass is 230 g/mol. The van der Waals surface area contributed by atoms with Gasteiger partial charge >= 0.3 is 0 Å². The SMILES string of the molecule is Cc1nn(C)cc1C(=O)NNc1ccccc1. The molecule has 0 fully saturated rings.